The zero-order valence-corrected chi connectivity index (χ0v) is 16.2. The first-order chi connectivity index (χ1) is 13.6. The highest BCUT2D eigenvalue weighted by molar-refractivity contribution is 9.09. The van der Waals surface area contributed by atoms with Crippen molar-refractivity contribution in [3.8, 4) is 0 Å². The topological polar surface area (TPSA) is 116 Å². The molecule has 0 aromatic heterocycles. The van der Waals surface area contributed by atoms with Crippen LogP contribution in [0.2, 0.25) is 0 Å². The lowest BCUT2D eigenvalue weighted by Gasteiger charge is -2.45. The van der Waals surface area contributed by atoms with Crippen LogP contribution in [0.1, 0.15) is 17.2 Å². The lowest BCUT2D eigenvalue weighted by atomic mass is 9.97. The van der Waals surface area contributed by atoms with Crippen LogP contribution in [-0.4, -0.2) is 45.5 Å². The average molecular weight is 445 g/mol. The fraction of sp³-hybridized carbons (Fsp3) is 0.263. The summed E-state index contributed by atoms with van der Waals surface area (Å²) in [6, 6.07) is 16.6. The maximum atomic E-state index is 12.6. The van der Waals surface area contributed by atoms with E-state index in [2.05, 4.69) is 26.0 Å². The van der Waals surface area contributed by atoms with Crippen LogP contribution in [0.25, 0.3) is 10.4 Å². The highest BCUT2D eigenvalue weighted by atomic mass is 79.9. The van der Waals surface area contributed by atoms with Crippen molar-refractivity contribution in [3.05, 3.63) is 82.2 Å². The molecule has 0 aliphatic carbocycles. The minimum absolute atomic E-state index is 0.244. The molecule has 9 heteroatoms. The lowest BCUT2D eigenvalue weighted by Crippen LogP contribution is -2.69. The molecule has 8 nitrogen and oxygen atoms in total. The number of likely N-dealkylation sites (tertiary alicyclic amines) is 1. The summed E-state index contributed by atoms with van der Waals surface area (Å²) in [7, 11) is 0. The van der Waals surface area contributed by atoms with E-state index < -0.39 is 36.3 Å². The monoisotopic (exact) mass is 444 g/mol. The fourth-order valence-electron chi connectivity index (χ4n) is 3.07. The van der Waals surface area contributed by atoms with Gasteiger partial charge >= 0.3 is 5.97 Å². The van der Waals surface area contributed by atoms with Crippen LogP contribution in [0, 0.1) is 0 Å². The number of rotatable bonds is 7. The Morgan fingerprint density at radius 1 is 1.18 bits per heavy atom. The standard InChI is InChI=1S/C19H17BrN4O4/c20-11-14-15(22-23-21)17(25)24(14)18(26)19(27)28-16(12-7-3-1-4-8-12)13-9-5-2-6-10-13/h1-10,14-16,18,26H,11H2/t14-,15+,18?/m0/s1. The Kier molecular flexibility index (Phi) is 6.30. The van der Waals surface area contributed by atoms with E-state index in [1.165, 1.54) is 0 Å². The maximum absolute atomic E-state index is 12.6. The Bertz CT molecular complexity index is 850. The number of carbonyl (C=O) groups excluding carboxylic acids is 2. The van der Waals surface area contributed by atoms with E-state index in [0.29, 0.717) is 0 Å². The molecule has 1 amide bonds. The molecule has 2 aromatic rings. The summed E-state index contributed by atoms with van der Waals surface area (Å²) in [5.74, 6) is -1.58. The first-order valence-electron chi connectivity index (χ1n) is 8.49. The summed E-state index contributed by atoms with van der Waals surface area (Å²) in [5, 5.41) is 14.1. The number of halogens is 1. The number of hydrogen-bond acceptors (Lipinski definition) is 5. The Balaban J connectivity index is 1.81. The minimum atomic E-state index is -1.80. The molecule has 28 heavy (non-hydrogen) atoms. The Morgan fingerprint density at radius 2 is 1.71 bits per heavy atom. The molecule has 1 fully saturated rings. The van der Waals surface area contributed by atoms with Crippen molar-refractivity contribution >= 4 is 27.8 Å². The second kappa shape index (κ2) is 8.88. The number of β-lactam (4-membered cyclic amide) rings is 1. The van der Waals surface area contributed by atoms with Gasteiger partial charge in [-0.1, -0.05) is 81.7 Å². The molecule has 0 saturated carbocycles. The van der Waals surface area contributed by atoms with Gasteiger partial charge in [-0.15, -0.1) is 0 Å². The number of aliphatic hydroxyl groups excluding tert-OH is 1. The van der Waals surface area contributed by atoms with Crippen LogP contribution >= 0.6 is 15.9 Å². The number of esters is 1. The van der Waals surface area contributed by atoms with Crippen LogP contribution in [0.3, 0.4) is 0 Å². The fourth-order valence-corrected chi connectivity index (χ4v) is 3.73. The molecule has 2 aromatic carbocycles. The third-order valence-electron chi connectivity index (χ3n) is 4.48. The highest BCUT2D eigenvalue weighted by Gasteiger charge is 2.51. The predicted octanol–water partition coefficient (Wildman–Crippen LogP) is 2.92. The molecule has 3 rings (SSSR count). The average Bonchev–Trinajstić information content (AvgIpc) is 2.74. The van der Waals surface area contributed by atoms with Gasteiger partial charge in [0.05, 0.1) is 6.04 Å². The number of hydrogen-bond donors (Lipinski definition) is 1. The summed E-state index contributed by atoms with van der Waals surface area (Å²) in [6.45, 7) is 0. The van der Waals surface area contributed by atoms with Crippen LogP contribution < -0.4 is 0 Å². The zero-order chi connectivity index (χ0) is 20.1. The number of aliphatic hydroxyl groups is 1. The van der Waals surface area contributed by atoms with Crippen molar-refractivity contribution in [1.82, 2.24) is 4.90 Å². The van der Waals surface area contributed by atoms with Crippen LogP contribution in [0.15, 0.2) is 65.8 Å². The van der Waals surface area contributed by atoms with Crippen molar-refractivity contribution in [1.29, 1.82) is 0 Å². The second-order valence-corrected chi connectivity index (χ2v) is 6.78. The van der Waals surface area contributed by atoms with Gasteiger partial charge in [-0.25, -0.2) is 4.79 Å². The molecule has 1 saturated heterocycles. The van der Waals surface area contributed by atoms with Gasteiger partial charge in [-0.3, -0.25) is 4.79 Å². The molecule has 1 heterocycles. The molecule has 144 valence electrons. The van der Waals surface area contributed by atoms with E-state index in [4.69, 9.17) is 10.3 Å². The van der Waals surface area contributed by atoms with Crippen LogP contribution in [-0.2, 0) is 14.3 Å². The van der Waals surface area contributed by atoms with E-state index in [9.17, 15) is 14.7 Å². The summed E-state index contributed by atoms with van der Waals surface area (Å²) in [4.78, 5) is 28.4. The number of amides is 1. The van der Waals surface area contributed by atoms with Gasteiger partial charge in [0.1, 0.15) is 6.04 Å². The van der Waals surface area contributed by atoms with Gasteiger partial charge in [0, 0.05) is 10.2 Å². The van der Waals surface area contributed by atoms with Gasteiger partial charge < -0.3 is 14.7 Å². The smallest absolute Gasteiger partial charge is 0.357 e. The summed E-state index contributed by atoms with van der Waals surface area (Å²) < 4.78 is 5.58. The van der Waals surface area contributed by atoms with Gasteiger partial charge in [-0.2, -0.15) is 0 Å². The van der Waals surface area contributed by atoms with E-state index in [1.54, 1.807) is 0 Å². The van der Waals surface area contributed by atoms with Crippen LogP contribution in [0.5, 0.6) is 0 Å². The molecule has 0 bridgehead atoms. The predicted molar refractivity (Wildman–Crippen MR) is 104 cm³/mol. The molecule has 0 radical (unpaired) electrons. The van der Waals surface area contributed by atoms with Crippen molar-refractivity contribution in [2.75, 3.05) is 5.33 Å². The van der Waals surface area contributed by atoms with Crippen molar-refractivity contribution in [3.63, 3.8) is 0 Å². The molecule has 3 atom stereocenters. The van der Waals surface area contributed by atoms with Gasteiger partial charge in [0.15, 0.2) is 6.10 Å². The molecule has 0 spiro atoms. The van der Waals surface area contributed by atoms with E-state index >= 15 is 0 Å². The molecular weight excluding hydrogens is 428 g/mol. The molecule has 1 aliphatic rings. The van der Waals surface area contributed by atoms with E-state index in [1.807, 2.05) is 60.7 Å². The summed E-state index contributed by atoms with van der Waals surface area (Å²) >= 11 is 3.21. The zero-order valence-electron chi connectivity index (χ0n) is 14.6. The number of alkyl halides is 1. The minimum Gasteiger partial charge on any atom is -0.449 e. The summed E-state index contributed by atoms with van der Waals surface area (Å²) in [6.07, 6.45) is -2.54. The Labute approximate surface area is 169 Å². The first-order valence-corrected chi connectivity index (χ1v) is 9.61. The number of nitrogens with zero attached hydrogens (tertiary/aromatic N) is 4. The molecule has 1 aliphatic heterocycles. The van der Waals surface area contributed by atoms with Gasteiger partial charge in [0.25, 0.3) is 0 Å². The normalized spacial score (nSPS) is 19.5. The first kappa shape index (κ1) is 19.9. The van der Waals surface area contributed by atoms with E-state index in [-0.39, 0.29) is 5.33 Å². The number of ether oxygens (including phenoxy) is 1. The van der Waals surface area contributed by atoms with Crippen LogP contribution in [0.4, 0.5) is 0 Å². The number of azide groups is 1. The Hall–Kier alpha value is -2.87. The van der Waals surface area contributed by atoms with Crippen molar-refractivity contribution in [2.45, 2.75) is 24.4 Å². The molecule has 1 N–H and O–H groups in total. The lowest BCUT2D eigenvalue weighted by molar-refractivity contribution is -0.186. The third-order valence-corrected chi connectivity index (χ3v) is 5.14. The quantitative estimate of drug-likeness (QED) is 0.176. The van der Waals surface area contributed by atoms with E-state index in [0.717, 1.165) is 16.0 Å². The second-order valence-electron chi connectivity index (χ2n) is 6.13. The highest BCUT2D eigenvalue weighted by Crippen LogP contribution is 2.30. The largest absolute Gasteiger partial charge is 0.449 e. The van der Waals surface area contributed by atoms with Gasteiger partial charge in [0.2, 0.25) is 12.1 Å². The van der Waals surface area contributed by atoms with Crippen molar-refractivity contribution < 1.29 is 19.4 Å². The molecular formula is C19H17BrN4O4. The third kappa shape index (κ3) is 3.87. The van der Waals surface area contributed by atoms with Crippen molar-refractivity contribution in [2.24, 2.45) is 5.11 Å². The number of benzene rings is 2. The SMILES string of the molecule is [N-]=[N+]=N[C@H]1C(=O)N(C(O)C(=O)OC(c2ccccc2)c2ccccc2)[C@H]1CBr. The number of carbonyl (C=O) groups is 2. The molecule has 1 unspecified atom stereocenters. The van der Waals surface area contributed by atoms with Gasteiger partial charge in [-0.05, 0) is 16.7 Å². The summed E-state index contributed by atoms with van der Waals surface area (Å²) in [5.41, 5.74) is 10.0. The Morgan fingerprint density at radius 3 is 2.18 bits per heavy atom. The maximum Gasteiger partial charge on any atom is 0.357 e.